The van der Waals surface area contributed by atoms with Crippen LogP contribution in [-0.2, 0) is 50.1 Å². The maximum atomic E-state index is 14.7. The number of nitrogens with one attached hydrogen (secondary N) is 4. The molecule has 6 aromatic carbocycles. The molecule has 0 amide bonds. The molecule has 7 aromatic rings. The van der Waals surface area contributed by atoms with E-state index in [4.69, 9.17) is 4.74 Å². The molecule has 90 heavy (non-hydrogen) atoms. The summed E-state index contributed by atoms with van der Waals surface area (Å²) in [6.45, 7) is 1.43. The standard InChI is InChI=1S/C51H40N12O18S4.5Na/c1-25-15-37(42(81-3)24-36(25)59-61-39-22-33(83(72,73)74)16-26-17-34(84(75,76)77)23-41(65)44(26)39)60-62-46-43(85(78,79)80)19-27-18-32(82(69,70)71)21-38(45(27)47(46)66)53-50-54-49(55-51(56-50)63(2)31-7-5-4-6-8-31)52-28-9-11-29(12-10-28)57-58-30-13-14-40(64)35(20-30)48(67)68;;;;;/h4-24,57,60,65H,1-3H3,(H,67,68)(H,69,70,71)(H,72,73,74)(H,75,76,77)(H,78,79,80)(H2,52,53,54,55,56);;;;;/q;5*+1/p-5/b58-30-,61-59?,62-46+;;;;;. The summed E-state index contributed by atoms with van der Waals surface area (Å²) in [5.41, 5.74) is 2.96. The number of carbonyl (C=O) groups is 3. The van der Waals surface area contributed by atoms with Crippen LogP contribution in [0.25, 0.3) is 16.8 Å². The van der Waals surface area contributed by atoms with Gasteiger partial charge in [-0.25, -0.2) is 38.5 Å². The van der Waals surface area contributed by atoms with Crippen LogP contribution in [0, 0.1) is 6.92 Å². The number of hydrogen-bond donors (Lipinski definition) is 5. The quantitative estimate of drug-likeness (QED) is 0.0133. The average molecular weight is 1350 g/mol. The van der Waals surface area contributed by atoms with Gasteiger partial charge in [-0.2, -0.15) is 30.3 Å². The minimum atomic E-state index is -5.68. The molecular formula is C51H35N12Na5O18S4. The number of rotatable bonds is 18. The van der Waals surface area contributed by atoms with Crippen molar-refractivity contribution >= 4 is 144 Å². The van der Waals surface area contributed by atoms with Gasteiger partial charge in [0.15, 0.2) is 5.78 Å². The fourth-order valence-electron chi connectivity index (χ4n) is 8.17. The molecule has 0 unspecified atom stereocenters. The van der Waals surface area contributed by atoms with Gasteiger partial charge in [0.1, 0.15) is 57.5 Å². The zero-order valence-corrected chi connectivity index (χ0v) is 61.5. The van der Waals surface area contributed by atoms with Crippen LogP contribution in [0.3, 0.4) is 0 Å². The van der Waals surface area contributed by atoms with Crippen LogP contribution >= 0.6 is 0 Å². The molecule has 0 radical (unpaired) electrons. The Morgan fingerprint density at radius 1 is 0.633 bits per heavy atom. The number of azo groups is 1. The number of anilines is 8. The summed E-state index contributed by atoms with van der Waals surface area (Å²) in [5.74, 6) is -5.36. The largest absolute Gasteiger partial charge is 1.00 e. The second kappa shape index (κ2) is 31.2. The van der Waals surface area contributed by atoms with Crippen LogP contribution in [0.1, 0.15) is 21.5 Å². The van der Waals surface area contributed by atoms with Crippen molar-refractivity contribution < 1.29 is 229 Å². The van der Waals surface area contributed by atoms with E-state index in [2.05, 4.69) is 56.9 Å². The molecule has 0 atom stereocenters. The number of ether oxygens (including phenoxy) is 1. The Morgan fingerprint density at radius 3 is 1.80 bits per heavy atom. The van der Waals surface area contributed by atoms with E-state index in [9.17, 15) is 76.5 Å². The topological polar surface area (TPSA) is 472 Å². The molecule has 0 spiro atoms. The number of hydrogen-bond acceptors (Lipinski definition) is 29. The van der Waals surface area contributed by atoms with Crippen molar-refractivity contribution in [2.75, 3.05) is 40.5 Å². The van der Waals surface area contributed by atoms with E-state index in [0.29, 0.717) is 53.5 Å². The number of carbonyl (C=O) groups excluding carboxylic acids is 2. The van der Waals surface area contributed by atoms with Crippen molar-refractivity contribution in [1.29, 1.82) is 0 Å². The summed E-state index contributed by atoms with van der Waals surface area (Å²) in [5, 5.41) is 43.4. The Labute approximate surface area is 622 Å². The Balaban J connectivity index is 0.00000346. The van der Waals surface area contributed by atoms with E-state index < -0.39 is 134 Å². The molecule has 5 N–H and O–H groups in total. The zero-order chi connectivity index (χ0) is 61.5. The molecule has 9 rings (SSSR count). The van der Waals surface area contributed by atoms with Gasteiger partial charge in [0, 0.05) is 29.9 Å². The second-order valence-electron chi connectivity index (χ2n) is 17.9. The first-order chi connectivity index (χ1) is 39.9. The van der Waals surface area contributed by atoms with Gasteiger partial charge in [0.05, 0.1) is 66.4 Å². The Kier molecular flexibility index (Phi) is 26.7. The Hall–Kier alpha value is -5.20. The summed E-state index contributed by atoms with van der Waals surface area (Å²) in [4.78, 5) is 48.8. The molecule has 2 aliphatic rings. The van der Waals surface area contributed by atoms with Gasteiger partial charge >= 0.3 is 154 Å². The molecule has 1 aromatic heterocycles. The number of nitrogens with zero attached hydrogens (tertiary/aromatic N) is 8. The number of Topliss-reactive ketones (excluding diaryl/α,β-unsaturated/α-hetero) is 1. The van der Waals surface area contributed by atoms with E-state index in [-0.39, 0.29) is 188 Å². The third-order valence-electron chi connectivity index (χ3n) is 12.2. The van der Waals surface area contributed by atoms with E-state index in [1.165, 1.54) is 30.0 Å². The van der Waals surface area contributed by atoms with Gasteiger partial charge in [-0.15, -0.1) is 5.11 Å². The van der Waals surface area contributed by atoms with Gasteiger partial charge in [0.25, 0.3) is 0 Å². The summed E-state index contributed by atoms with van der Waals surface area (Å²) >= 11 is 0. The van der Waals surface area contributed by atoms with Crippen molar-refractivity contribution in [2.45, 2.75) is 21.6 Å². The molecule has 436 valence electrons. The van der Waals surface area contributed by atoms with Gasteiger partial charge in [-0.1, -0.05) is 30.0 Å². The second-order valence-corrected chi connectivity index (χ2v) is 23.4. The van der Waals surface area contributed by atoms with E-state index in [1.54, 1.807) is 61.6 Å². The average Bonchev–Trinajstić information content (AvgIpc) is 0.993. The fraction of sp³-hybridized carbons (Fsp3) is 0.0588. The number of para-hydroxylation sites is 1. The van der Waals surface area contributed by atoms with Crippen LogP contribution in [0.2, 0.25) is 0 Å². The fourth-order valence-corrected chi connectivity index (χ4v) is 10.4. The van der Waals surface area contributed by atoms with Crippen LogP contribution in [0.4, 0.5) is 57.7 Å². The number of hydrazone groups is 2. The van der Waals surface area contributed by atoms with Crippen molar-refractivity contribution in [2.24, 2.45) is 20.4 Å². The molecule has 0 bridgehead atoms. The summed E-state index contributed by atoms with van der Waals surface area (Å²) in [6, 6.07) is 21.3. The molecule has 30 nitrogen and oxygen atoms in total. The van der Waals surface area contributed by atoms with Gasteiger partial charge < -0.3 is 48.7 Å². The van der Waals surface area contributed by atoms with Gasteiger partial charge in [-0.05, 0) is 121 Å². The molecule has 2 aliphatic carbocycles. The van der Waals surface area contributed by atoms with Crippen LogP contribution < -0.4 is 184 Å². The van der Waals surface area contributed by atoms with E-state index >= 15 is 0 Å². The summed E-state index contributed by atoms with van der Waals surface area (Å²) in [6.07, 6.45) is 4.09. The maximum absolute atomic E-state index is 14.7. The van der Waals surface area contributed by atoms with E-state index in [0.717, 1.165) is 25.3 Å². The number of aliphatic carboxylic acids is 1. The monoisotopic (exact) mass is 1350 g/mol. The molecular weight excluding hydrogens is 1310 g/mol. The first-order valence-corrected chi connectivity index (χ1v) is 29.3. The number of aryl methyl sites for hydroxylation is 1. The predicted octanol–water partition coefficient (Wildman–Crippen LogP) is -9.71. The number of allylic oxidation sites excluding steroid dienone is 4. The Bertz CT molecular complexity index is 4710. The number of fused-ring (bicyclic) bond motifs is 2. The van der Waals surface area contributed by atoms with Crippen molar-refractivity contribution in [3.05, 3.63) is 149 Å². The number of ketones is 2. The Morgan fingerprint density at radius 2 is 1.21 bits per heavy atom. The SMILES string of the molecule is COc1cc(N=Nc2cc(S(=O)(=O)[O-])cc3cc(S(=O)(=O)[O-])cc([O-])c23)c(C)cc1N/N=C1/C(=O)c2c(cc(S(=O)(=O)[O-])cc2Nc2nc(Nc3ccc(N/N=C4/C=CC(=O)C(C(=O)O)=C4)cc3)nc(N(C)c3ccccc3)n2)C=C1S(=O)(=O)[O-].[Na+].[Na+].[Na+].[Na+].[Na+]. The van der Waals surface area contributed by atoms with Crippen molar-refractivity contribution in [1.82, 2.24) is 15.0 Å². The van der Waals surface area contributed by atoms with E-state index in [1.807, 2.05) is 0 Å². The molecule has 0 aliphatic heterocycles. The first-order valence-electron chi connectivity index (χ1n) is 23.7. The minimum absolute atomic E-state index is 0. The summed E-state index contributed by atoms with van der Waals surface area (Å²) in [7, 11) is -18.8. The van der Waals surface area contributed by atoms with Crippen LogP contribution in [-0.4, -0.2) is 115 Å². The molecule has 39 heteroatoms. The maximum Gasteiger partial charge on any atom is 1.00 e. The molecule has 0 fully saturated rings. The van der Waals surface area contributed by atoms with Gasteiger partial charge in [-0.3, -0.25) is 20.4 Å². The van der Waals surface area contributed by atoms with Gasteiger partial charge in [0.2, 0.25) is 23.6 Å². The van der Waals surface area contributed by atoms with Crippen LogP contribution in [0.15, 0.2) is 167 Å². The molecule has 0 saturated carbocycles. The number of methoxy groups -OCH3 is 1. The number of aromatic nitrogens is 3. The third-order valence-corrected chi connectivity index (χ3v) is 15.5. The normalized spacial score (nSPS) is 13.9. The zero-order valence-electron chi connectivity index (χ0n) is 48.2. The molecule has 1 heterocycles. The first kappa shape index (κ1) is 77.2. The number of carboxylic acid groups (broad SMARTS) is 1. The van der Waals surface area contributed by atoms with Crippen molar-refractivity contribution in [3.8, 4) is 11.5 Å². The minimum Gasteiger partial charge on any atom is -0.872 e. The number of benzene rings is 6. The third kappa shape index (κ3) is 18.1. The summed E-state index contributed by atoms with van der Waals surface area (Å²) < 4.78 is 153. The van der Waals surface area contributed by atoms with Crippen LogP contribution in [0.5, 0.6) is 11.5 Å². The molecule has 0 saturated heterocycles. The predicted molar refractivity (Wildman–Crippen MR) is 297 cm³/mol. The smallest absolute Gasteiger partial charge is 0.872 e. The number of carboxylic acids is 1. The van der Waals surface area contributed by atoms with Crippen molar-refractivity contribution in [3.63, 3.8) is 0 Å².